The maximum Gasteiger partial charge on any atom is 0.410 e. The molecule has 21 heavy (non-hydrogen) atoms. The van der Waals surface area contributed by atoms with Gasteiger partial charge in [0.1, 0.15) is 6.61 Å². The molecule has 0 saturated carbocycles. The second kappa shape index (κ2) is 7.66. The van der Waals surface area contributed by atoms with E-state index in [0.29, 0.717) is 6.61 Å². The molecule has 5 heteroatoms. The number of halogens is 1. The van der Waals surface area contributed by atoms with Crippen LogP contribution >= 0.6 is 12.4 Å². The zero-order chi connectivity index (χ0) is 14.7. The number of ether oxygens (including phenoxy) is 1. The summed E-state index contributed by atoms with van der Waals surface area (Å²) in [6.07, 6.45) is -0.216. The van der Waals surface area contributed by atoms with Crippen molar-refractivity contribution in [3.05, 3.63) is 34.9 Å². The predicted octanol–water partition coefficient (Wildman–Crippen LogP) is 3.04. The number of hydrogen-bond acceptors (Lipinski definition) is 3. The fraction of sp³-hybridized carbons (Fsp3) is 0.562. The third-order valence-electron chi connectivity index (χ3n) is 3.89. The summed E-state index contributed by atoms with van der Waals surface area (Å²) in [5, 5.41) is 3.31. The summed E-state index contributed by atoms with van der Waals surface area (Å²) in [6.45, 7) is 10.2. The summed E-state index contributed by atoms with van der Waals surface area (Å²) in [4.78, 5) is 14.1. The first kappa shape index (κ1) is 17.8. The van der Waals surface area contributed by atoms with Gasteiger partial charge in [-0.2, -0.15) is 0 Å². The molecule has 1 saturated heterocycles. The summed E-state index contributed by atoms with van der Waals surface area (Å²) in [5.74, 6) is 0. The van der Waals surface area contributed by atoms with Crippen molar-refractivity contribution in [1.29, 1.82) is 0 Å². The Morgan fingerprint density at radius 1 is 1.29 bits per heavy atom. The maximum absolute atomic E-state index is 12.2. The number of nitrogens with zero attached hydrogens (tertiary/aromatic N) is 1. The van der Waals surface area contributed by atoms with Crippen molar-refractivity contribution in [3.63, 3.8) is 0 Å². The zero-order valence-electron chi connectivity index (χ0n) is 13.2. The van der Waals surface area contributed by atoms with Crippen LogP contribution in [0.25, 0.3) is 0 Å². The first-order valence-electron chi connectivity index (χ1n) is 7.21. The average molecular weight is 313 g/mol. The Labute approximate surface area is 133 Å². The quantitative estimate of drug-likeness (QED) is 0.912. The van der Waals surface area contributed by atoms with Crippen LogP contribution in [-0.4, -0.2) is 36.2 Å². The van der Waals surface area contributed by atoms with Crippen LogP contribution in [-0.2, 0) is 11.3 Å². The van der Waals surface area contributed by atoms with Crippen LogP contribution in [0.15, 0.2) is 18.2 Å². The number of amides is 1. The maximum atomic E-state index is 12.2. The molecule has 0 aliphatic carbocycles. The van der Waals surface area contributed by atoms with E-state index in [2.05, 4.69) is 18.3 Å². The molecule has 0 bridgehead atoms. The van der Waals surface area contributed by atoms with Crippen molar-refractivity contribution >= 4 is 18.5 Å². The largest absolute Gasteiger partial charge is 0.445 e. The van der Waals surface area contributed by atoms with Gasteiger partial charge in [0, 0.05) is 25.2 Å². The smallest absolute Gasteiger partial charge is 0.410 e. The van der Waals surface area contributed by atoms with Crippen LogP contribution in [0.4, 0.5) is 4.79 Å². The molecule has 2 rings (SSSR count). The summed E-state index contributed by atoms with van der Waals surface area (Å²) in [6, 6.07) is 6.53. The lowest BCUT2D eigenvalue weighted by atomic mass is 10.1. The highest BCUT2D eigenvalue weighted by Gasteiger charge is 2.29. The molecular weight excluding hydrogens is 288 g/mol. The monoisotopic (exact) mass is 312 g/mol. The Balaban J connectivity index is 0.00000220. The molecule has 1 fully saturated rings. The topological polar surface area (TPSA) is 41.6 Å². The summed E-state index contributed by atoms with van der Waals surface area (Å²) >= 11 is 0. The van der Waals surface area contributed by atoms with Gasteiger partial charge in [-0.3, -0.25) is 0 Å². The Bertz CT molecular complexity index is 483. The SMILES string of the molecule is Cc1ccc(COC(=O)N2[C@H](C)CNC[C@@H]2C)c(C)c1.Cl. The van der Waals surface area contributed by atoms with Crippen molar-refractivity contribution in [2.24, 2.45) is 0 Å². The van der Waals surface area contributed by atoms with Gasteiger partial charge in [-0.05, 0) is 38.8 Å². The van der Waals surface area contributed by atoms with Gasteiger partial charge in [-0.1, -0.05) is 23.8 Å². The minimum Gasteiger partial charge on any atom is -0.445 e. The van der Waals surface area contributed by atoms with Gasteiger partial charge in [0.25, 0.3) is 0 Å². The lowest BCUT2D eigenvalue weighted by Gasteiger charge is -2.38. The second-order valence-electron chi connectivity index (χ2n) is 5.75. The number of aryl methyl sites for hydroxylation is 2. The van der Waals surface area contributed by atoms with Crippen molar-refractivity contribution in [2.75, 3.05) is 13.1 Å². The molecule has 1 amide bonds. The predicted molar refractivity (Wildman–Crippen MR) is 87.0 cm³/mol. The zero-order valence-corrected chi connectivity index (χ0v) is 14.0. The number of piperazine rings is 1. The number of nitrogens with one attached hydrogen (secondary N) is 1. The van der Waals surface area contributed by atoms with Crippen LogP contribution in [0.5, 0.6) is 0 Å². The van der Waals surface area contributed by atoms with Crippen molar-refractivity contribution in [3.8, 4) is 0 Å². The minimum atomic E-state index is -0.216. The Morgan fingerprint density at radius 3 is 2.48 bits per heavy atom. The van der Waals surface area contributed by atoms with Crippen molar-refractivity contribution in [1.82, 2.24) is 10.2 Å². The highest BCUT2D eigenvalue weighted by atomic mass is 35.5. The van der Waals surface area contributed by atoms with E-state index in [-0.39, 0.29) is 30.6 Å². The first-order valence-corrected chi connectivity index (χ1v) is 7.21. The molecule has 4 nitrogen and oxygen atoms in total. The van der Waals surface area contributed by atoms with Crippen LogP contribution in [0.2, 0.25) is 0 Å². The molecule has 0 unspecified atom stereocenters. The standard InChI is InChI=1S/C16H24N2O2.ClH/c1-11-5-6-15(12(2)7-11)10-20-16(19)18-13(3)8-17-9-14(18)4;/h5-7,13-14,17H,8-10H2,1-4H3;1H/t13-,14+;. The molecule has 1 N–H and O–H groups in total. The van der Waals surface area contributed by atoms with Crippen molar-refractivity contribution in [2.45, 2.75) is 46.4 Å². The highest BCUT2D eigenvalue weighted by molar-refractivity contribution is 5.85. The average Bonchev–Trinajstić information content (AvgIpc) is 2.37. The molecule has 1 aromatic carbocycles. The molecule has 0 aromatic heterocycles. The third-order valence-corrected chi connectivity index (χ3v) is 3.89. The number of hydrogen-bond donors (Lipinski definition) is 1. The molecule has 0 radical (unpaired) electrons. The second-order valence-corrected chi connectivity index (χ2v) is 5.75. The van der Waals surface area contributed by atoms with Gasteiger partial charge in [0.2, 0.25) is 0 Å². The van der Waals surface area contributed by atoms with E-state index in [1.165, 1.54) is 11.1 Å². The summed E-state index contributed by atoms with van der Waals surface area (Å²) in [7, 11) is 0. The van der Waals surface area contributed by atoms with Gasteiger partial charge in [-0.25, -0.2) is 4.79 Å². The molecule has 1 aliphatic rings. The molecule has 1 heterocycles. The lowest BCUT2D eigenvalue weighted by Crippen LogP contribution is -2.57. The molecule has 0 spiro atoms. The third kappa shape index (κ3) is 4.35. The Morgan fingerprint density at radius 2 is 1.90 bits per heavy atom. The number of carbonyl (C=O) groups is 1. The van der Waals surface area contributed by atoms with Gasteiger partial charge in [0.15, 0.2) is 0 Å². The first-order chi connectivity index (χ1) is 9.49. The molecule has 2 atom stereocenters. The Kier molecular flexibility index (Phi) is 6.49. The molecule has 1 aliphatic heterocycles. The normalized spacial score (nSPS) is 21.6. The van der Waals surface area contributed by atoms with E-state index >= 15 is 0 Å². The van der Waals surface area contributed by atoms with E-state index in [4.69, 9.17) is 4.74 Å². The molecular formula is C16H25ClN2O2. The van der Waals surface area contributed by atoms with Gasteiger partial charge in [0.05, 0.1) is 0 Å². The number of benzene rings is 1. The van der Waals surface area contributed by atoms with E-state index in [9.17, 15) is 4.79 Å². The number of carbonyl (C=O) groups excluding carboxylic acids is 1. The fourth-order valence-electron chi connectivity index (χ4n) is 2.71. The summed E-state index contributed by atoms with van der Waals surface area (Å²) < 4.78 is 5.49. The van der Waals surface area contributed by atoms with E-state index < -0.39 is 0 Å². The van der Waals surface area contributed by atoms with E-state index in [1.807, 2.05) is 37.8 Å². The molecule has 1 aromatic rings. The lowest BCUT2D eigenvalue weighted by molar-refractivity contribution is 0.0563. The number of rotatable bonds is 2. The van der Waals surface area contributed by atoms with Crippen LogP contribution in [0.1, 0.15) is 30.5 Å². The van der Waals surface area contributed by atoms with Crippen LogP contribution in [0, 0.1) is 13.8 Å². The Hall–Kier alpha value is -1.26. The van der Waals surface area contributed by atoms with Crippen LogP contribution < -0.4 is 5.32 Å². The van der Waals surface area contributed by atoms with E-state index in [0.717, 1.165) is 18.7 Å². The van der Waals surface area contributed by atoms with Gasteiger partial charge in [-0.15, -0.1) is 12.4 Å². The highest BCUT2D eigenvalue weighted by Crippen LogP contribution is 2.15. The van der Waals surface area contributed by atoms with E-state index in [1.54, 1.807) is 0 Å². The fourth-order valence-corrected chi connectivity index (χ4v) is 2.71. The molecule has 118 valence electrons. The minimum absolute atomic E-state index is 0. The van der Waals surface area contributed by atoms with Gasteiger partial charge >= 0.3 is 6.09 Å². The summed E-state index contributed by atoms with van der Waals surface area (Å²) in [5.41, 5.74) is 3.46. The van der Waals surface area contributed by atoms with Crippen molar-refractivity contribution < 1.29 is 9.53 Å². The van der Waals surface area contributed by atoms with Crippen LogP contribution in [0.3, 0.4) is 0 Å². The van der Waals surface area contributed by atoms with Gasteiger partial charge < -0.3 is 15.0 Å².